The van der Waals surface area contributed by atoms with Crippen molar-refractivity contribution in [1.29, 1.82) is 0 Å². The van der Waals surface area contributed by atoms with Crippen molar-refractivity contribution in [2.75, 3.05) is 11.6 Å². The fourth-order valence-electron chi connectivity index (χ4n) is 1.11. The first kappa shape index (κ1) is 12.2. The lowest BCUT2D eigenvalue weighted by Crippen LogP contribution is -1.86. The third-order valence-electron chi connectivity index (χ3n) is 1.89. The van der Waals surface area contributed by atoms with E-state index >= 15 is 0 Å². The number of hydrogen-bond acceptors (Lipinski definition) is 1. The van der Waals surface area contributed by atoms with E-state index in [0.29, 0.717) is 0 Å². The zero-order valence-electron chi connectivity index (χ0n) is 8.22. The Kier molecular flexibility index (Phi) is 5.76. The molecule has 14 heavy (non-hydrogen) atoms. The van der Waals surface area contributed by atoms with Crippen LogP contribution in [0.2, 0.25) is 5.02 Å². The molecule has 78 valence electrons. The predicted molar refractivity (Wildman–Crippen MR) is 67.7 cm³/mol. The van der Waals surface area contributed by atoms with Crippen molar-refractivity contribution in [3.8, 4) is 0 Å². The van der Waals surface area contributed by atoms with Gasteiger partial charge < -0.3 is 0 Å². The molecule has 0 bridgehead atoms. The molecule has 0 aliphatic heterocycles. The molecule has 1 rings (SSSR count). The second-order valence-electron chi connectivity index (χ2n) is 3.19. The molecule has 0 fully saturated rings. The van der Waals surface area contributed by atoms with Crippen molar-refractivity contribution >= 4 is 35.0 Å². The highest BCUT2D eigenvalue weighted by Gasteiger charge is 2.00. The van der Waals surface area contributed by atoms with Gasteiger partial charge in [-0.05, 0) is 36.3 Å². The van der Waals surface area contributed by atoms with Gasteiger partial charge >= 0.3 is 0 Å². The van der Waals surface area contributed by atoms with Crippen molar-refractivity contribution in [3.63, 3.8) is 0 Å². The summed E-state index contributed by atoms with van der Waals surface area (Å²) in [5, 5.41) is 0.878. The van der Waals surface area contributed by atoms with Crippen molar-refractivity contribution in [1.82, 2.24) is 0 Å². The average molecular weight is 249 g/mol. The summed E-state index contributed by atoms with van der Waals surface area (Å²) in [4.78, 5) is 0. The van der Waals surface area contributed by atoms with Gasteiger partial charge in [0.15, 0.2) is 0 Å². The van der Waals surface area contributed by atoms with Crippen LogP contribution in [0.3, 0.4) is 0 Å². The zero-order chi connectivity index (χ0) is 10.4. The van der Waals surface area contributed by atoms with E-state index in [1.165, 1.54) is 11.1 Å². The Morgan fingerprint density at radius 1 is 1.36 bits per heavy atom. The van der Waals surface area contributed by atoms with Gasteiger partial charge in [-0.2, -0.15) is 11.8 Å². The number of alkyl halides is 1. The van der Waals surface area contributed by atoms with E-state index in [1.807, 2.05) is 17.8 Å². The van der Waals surface area contributed by atoms with Crippen LogP contribution in [-0.4, -0.2) is 11.6 Å². The minimum atomic E-state index is 0.745. The quantitative estimate of drug-likeness (QED) is 0.546. The molecule has 0 spiro atoms. The summed E-state index contributed by atoms with van der Waals surface area (Å²) in [6.45, 7) is 2.05. The van der Waals surface area contributed by atoms with Crippen LogP contribution < -0.4 is 0 Å². The smallest absolute Gasteiger partial charge is 0.0449 e. The molecule has 0 saturated heterocycles. The van der Waals surface area contributed by atoms with Gasteiger partial charge in [0.25, 0.3) is 0 Å². The number of rotatable bonds is 5. The van der Waals surface area contributed by atoms with Crippen LogP contribution in [0, 0.1) is 6.92 Å². The summed E-state index contributed by atoms with van der Waals surface area (Å²) >= 11 is 13.6. The number of halogens is 2. The zero-order valence-corrected chi connectivity index (χ0v) is 10.6. The van der Waals surface area contributed by atoms with E-state index in [-0.39, 0.29) is 0 Å². The van der Waals surface area contributed by atoms with Crippen molar-refractivity contribution in [2.24, 2.45) is 0 Å². The molecule has 0 amide bonds. The lowest BCUT2D eigenvalue weighted by atomic mass is 10.2. The third-order valence-corrected chi connectivity index (χ3v) is 3.60. The Balaban J connectivity index is 2.42. The lowest BCUT2D eigenvalue weighted by molar-refractivity contribution is 1.11. The molecule has 0 N–H and O–H groups in total. The minimum absolute atomic E-state index is 0.745. The van der Waals surface area contributed by atoms with Crippen LogP contribution in [0.25, 0.3) is 0 Å². The third kappa shape index (κ3) is 4.12. The topological polar surface area (TPSA) is 0 Å². The van der Waals surface area contributed by atoms with Gasteiger partial charge in [0, 0.05) is 16.7 Å². The Hall–Kier alpha value is 0.150. The highest BCUT2D eigenvalue weighted by atomic mass is 35.5. The first-order valence-corrected chi connectivity index (χ1v) is 6.69. The van der Waals surface area contributed by atoms with Crippen LogP contribution >= 0.6 is 35.0 Å². The van der Waals surface area contributed by atoms with Crippen LogP contribution in [0.5, 0.6) is 0 Å². The van der Waals surface area contributed by atoms with Gasteiger partial charge in [-0.1, -0.05) is 23.7 Å². The second-order valence-corrected chi connectivity index (χ2v) is 5.08. The van der Waals surface area contributed by atoms with Gasteiger partial charge in [-0.25, -0.2) is 0 Å². The van der Waals surface area contributed by atoms with Gasteiger partial charge in [-0.3, -0.25) is 0 Å². The summed E-state index contributed by atoms with van der Waals surface area (Å²) < 4.78 is 0. The van der Waals surface area contributed by atoms with Crippen molar-refractivity contribution < 1.29 is 0 Å². The maximum absolute atomic E-state index is 6.10. The number of aryl methyl sites for hydroxylation is 1. The van der Waals surface area contributed by atoms with Crippen molar-refractivity contribution in [3.05, 3.63) is 34.3 Å². The van der Waals surface area contributed by atoms with E-state index < -0.39 is 0 Å². The molecule has 3 heteroatoms. The Morgan fingerprint density at radius 3 is 2.79 bits per heavy atom. The first-order chi connectivity index (χ1) is 6.74. The number of benzene rings is 1. The minimum Gasteiger partial charge on any atom is -0.157 e. The summed E-state index contributed by atoms with van der Waals surface area (Å²) in [6.07, 6.45) is 1.07. The maximum atomic E-state index is 6.10. The van der Waals surface area contributed by atoms with Gasteiger partial charge in [-0.15, -0.1) is 11.6 Å². The van der Waals surface area contributed by atoms with Crippen LogP contribution in [0.1, 0.15) is 17.5 Å². The van der Waals surface area contributed by atoms with Gasteiger partial charge in [0.2, 0.25) is 0 Å². The molecule has 1 aromatic rings. The van der Waals surface area contributed by atoms with E-state index in [4.69, 9.17) is 23.2 Å². The van der Waals surface area contributed by atoms with Gasteiger partial charge in [0.1, 0.15) is 0 Å². The summed E-state index contributed by atoms with van der Waals surface area (Å²) in [6, 6.07) is 6.22. The highest BCUT2D eigenvalue weighted by molar-refractivity contribution is 7.98. The monoisotopic (exact) mass is 248 g/mol. The number of hydrogen-bond donors (Lipinski definition) is 0. The molecule has 0 nitrogen and oxygen atoms in total. The Morgan fingerprint density at radius 2 is 2.14 bits per heavy atom. The summed E-state index contributed by atoms with van der Waals surface area (Å²) in [7, 11) is 0. The molecular formula is C11H14Cl2S. The largest absolute Gasteiger partial charge is 0.157 e. The van der Waals surface area contributed by atoms with E-state index in [2.05, 4.69) is 19.1 Å². The SMILES string of the molecule is Cc1ccc(CSCCCCl)c(Cl)c1. The molecule has 0 aliphatic rings. The Bertz CT molecular complexity index is 287. The molecule has 0 atom stereocenters. The summed E-state index contributed by atoms with van der Waals surface area (Å²) in [5.74, 6) is 2.83. The summed E-state index contributed by atoms with van der Waals surface area (Å²) in [5.41, 5.74) is 2.43. The molecule has 0 aromatic heterocycles. The molecule has 0 unspecified atom stereocenters. The number of thioether (sulfide) groups is 1. The van der Waals surface area contributed by atoms with Crippen LogP contribution in [-0.2, 0) is 5.75 Å². The Labute approximate surface area is 100.0 Å². The second kappa shape index (κ2) is 6.60. The van der Waals surface area contributed by atoms with Crippen LogP contribution in [0.15, 0.2) is 18.2 Å². The molecule has 0 aliphatic carbocycles. The maximum Gasteiger partial charge on any atom is 0.0449 e. The molecular weight excluding hydrogens is 235 g/mol. The van der Waals surface area contributed by atoms with Gasteiger partial charge in [0.05, 0.1) is 0 Å². The average Bonchev–Trinajstić information content (AvgIpc) is 2.15. The van der Waals surface area contributed by atoms with Crippen LogP contribution in [0.4, 0.5) is 0 Å². The standard InChI is InChI=1S/C11H14Cl2S/c1-9-3-4-10(11(13)7-9)8-14-6-2-5-12/h3-4,7H,2,5-6,8H2,1H3. The normalized spacial score (nSPS) is 10.5. The highest BCUT2D eigenvalue weighted by Crippen LogP contribution is 2.22. The predicted octanol–water partition coefficient (Wildman–Crippen LogP) is 4.51. The molecule has 1 aromatic carbocycles. The fourth-order valence-corrected chi connectivity index (χ4v) is 2.75. The van der Waals surface area contributed by atoms with E-state index in [9.17, 15) is 0 Å². The van der Waals surface area contributed by atoms with E-state index in [0.717, 1.165) is 28.8 Å². The molecule has 0 radical (unpaired) electrons. The first-order valence-electron chi connectivity index (χ1n) is 4.63. The molecule has 0 saturated carbocycles. The van der Waals surface area contributed by atoms with Crippen molar-refractivity contribution in [2.45, 2.75) is 19.1 Å². The fraction of sp³-hybridized carbons (Fsp3) is 0.455. The lowest BCUT2D eigenvalue weighted by Gasteiger charge is -2.04. The molecule has 0 heterocycles. The van der Waals surface area contributed by atoms with E-state index in [1.54, 1.807) is 0 Å².